The SMILES string of the molecule is COCc1cc(COc2cccc3ccccc23)no1. The van der Waals surface area contributed by atoms with E-state index in [-0.39, 0.29) is 0 Å². The molecule has 0 bridgehead atoms. The van der Waals surface area contributed by atoms with Gasteiger partial charge in [0.05, 0.1) is 0 Å². The fraction of sp³-hybridized carbons (Fsp3) is 0.188. The molecule has 3 rings (SSSR count). The van der Waals surface area contributed by atoms with Gasteiger partial charge in [-0.1, -0.05) is 41.6 Å². The Balaban J connectivity index is 1.76. The van der Waals surface area contributed by atoms with Gasteiger partial charge in [-0.3, -0.25) is 0 Å². The third-order valence-electron chi connectivity index (χ3n) is 3.02. The highest BCUT2D eigenvalue weighted by molar-refractivity contribution is 5.88. The lowest BCUT2D eigenvalue weighted by Gasteiger charge is -2.07. The maximum atomic E-state index is 5.83. The smallest absolute Gasteiger partial charge is 0.162 e. The van der Waals surface area contributed by atoms with Crippen LogP contribution < -0.4 is 4.74 Å². The highest BCUT2D eigenvalue weighted by Gasteiger charge is 2.06. The van der Waals surface area contributed by atoms with Crippen LogP contribution in [0, 0.1) is 0 Å². The van der Waals surface area contributed by atoms with Gasteiger partial charge < -0.3 is 14.0 Å². The number of rotatable bonds is 5. The molecule has 0 aliphatic heterocycles. The van der Waals surface area contributed by atoms with Gasteiger partial charge in [-0.05, 0) is 11.5 Å². The standard InChI is InChI=1S/C16H15NO3/c1-18-11-14-9-13(17-20-14)10-19-16-8-4-6-12-5-2-3-7-15(12)16/h2-9H,10-11H2,1H3. The van der Waals surface area contributed by atoms with E-state index < -0.39 is 0 Å². The Morgan fingerprint density at radius 1 is 1.05 bits per heavy atom. The number of hydrogen-bond donors (Lipinski definition) is 0. The van der Waals surface area contributed by atoms with Crippen LogP contribution >= 0.6 is 0 Å². The molecule has 1 heterocycles. The third kappa shape index (κ3) is 2.65. The molecule has 0 unspecified atom stereocenters. The van der Waals surface area contributed by atoms with E-state index in [4.69, 9.17) is 14.0 Å². The third-order valence-corrected chi connectivity index (χ3v) is 3.02. The molecule has 2 aromatic carbocycles. The second kappa shape index (κ2) is 5.75. The minimum atomic E-state index is 0.376. The number of benzene rings is 2. The molecule has 0 aliphatic carbocycles. The first-order valence-corrected chi connectivity index (χ1v) is 6.41. The fourth-order valence-electron chi connectivity index (χ4n) is 2.11. The second-order valence-electron chi connectivity index (χ2n) is 4.48. The summed E-state index contributed by atoms with van der Waals surface area (Å²) in [7, 11) is 1.62. The maximum absolute atomic E-state index is 5.83. The zero-order valence-corrected chi connectivity index (χ0v) is 11.2. The number of hydrogen-bond acceptors (Lipinski definition) is 4. The topological polar surface area (TPSA) is 44.5 Å². The normalized spacial score (nSPS) is 10.8. The summed E-state index contributed by atoms with van der Waals surface area (Å²) in [6.07, 6.45) is 0. The fourth-order valence-corrected chi connectivity index (χ4v) is 2.11. The second-order valence-corrected chi connectivity index (χ2v) is 4.48. The zero-order chi connectivity index (χ0) is 13.8. The Bertz CT molecular complexity index is 700. The first-order valence-electron chi connectivity index (χ1n) is 6.41. The summed E-state index contributed by atoms with van der Waals surface area (Å²) in [6.45, 7) is 0.794. The van der Waals surface area contributed by atoms with E-state index in [1.165, 1.54) is 0 Å². The van der Waals surface area contributed by atoms with Crippen LogP contribution in [0.25, 0.3) is 10.8 Å². The molecule has 0 amide bonds. The molecule has 0 saturated heterocycles. The van der Waals surface area contributed by atoms with Gasteiger partial charge >= 0.3 is 0 Å². The summed E-state index contributed by atoms with van der Waals surface area (Å²) in [5.74, 6) is 1.54. The van der Waals surface area contributed by atoms with Crippen LogP contribution in [-0.4, -0.2) is 12.3 Å². The number of nitrogens with zero attached hydrogens (tertiary/aromatic N) is 1. The Hall–Kier alpha value is -2.33. The lowest BCUT2D eigenvalue weighted by molar-refractivity contribution is 0.155. The Morgan fingerprint density at radius 3 is 2.80 bits per heavy atom. The van der Waals surface area contributed by atoms with Crippen LogP contribution in [0.5, 0.6) is 5.75 Å². The van der Waals surface area contributed by atoms with E-state index >= 15 is 0 Å². The predicted molar refractivity (Wildman–Crippen MR) is 75.5 cm³/mol. The van der Waals surface area contributed by atoms with E-state index in [2.05, 4.69) is 17.3 Å². The van der Waals surface area contributed by atoms with Crippen molar-refractivity contribution in [1.82, 2.24) is 5.16 Å². The number of aromatic nitrogens is 1. The van der Waals surface area contributed by atoms with Crippen molar-refractivity contribution in [3.8, 4) is 5.75 Å². The van der Waals surface area contributed by atoms with Crippen molar-refractivity contribution in [2.75, 3.05) is 7.11 Å². The number of ether oxygens (including phenoxy) is 2. The molecule has 0 saturated carbocycles. The molecule has 1 aromatic heterocycles. The minimum absolute atomic E-state index is 0.376. The van der Waals surface area contributed by atoms with Gasteiger partial charge in [-0.25, -0.2) is 0 Å². The van der Waals surface area contributed by atoms with Crippen LogP contribution in [0.4, 0.5) is 0 Å². The lowest BCUT2D eigenvalue weighted by Crippen LogP contribution is -1.96. The van der Waals surface area contributed by atoms with Crippen LogP contribution in [-0.2, 0) is 18.0 Å². The van der Waals surface area contributed by atoms with E-state index in [1.807, 2.05) is 36.4 Å². The largest absolute Gasteiger partial charge is 0.487 e. The molecule has 102 valence electrons. The average Bonchev–Trinajstić information content (AvgIpc) is 2.93. The van der Waals surface area contributed by atoms with Gasteiger partial charge in [0.2, 0.25) is 0 Å². The van der Waals surface area contributed by atoms with E-state index in [0.717, 1.165) is 22.2 Å². The quantitative estimate of drug-likeness (QED) is 0.710. The summed E-state index contributed by atoms with van der Waals surface area (Å²) >= 11 is 0. The van der Waals surface area contributed by atoms with E-state index in [1.54, 1.807) is 7.11 Å². The summed E-state index contributed by atoms with van der Waals surface area (Å²) in [5, 5.41) is 6.20. The Kier molecular flexibility index (Phi) is 3.65. The van der Waals surface area contributed by atoms with E-state index in [9.17, 15) is 0 Å². The molecule has 4 heteroatoms. The molecular formula is C16H15NO3. The van der Waals surface area contributed by atoms with Gasteiger partial charge in [0.1, 0.15) is 24.7 Å². The highest BCUT2D eigenvalue weighted by Crippen LogP contribution is 2.25. The van der Waals surface area contributed by atoms with Crippen molar-refractivity contribution in [2.24, 2.45) is 0 Å². The molecule has 3 aromatic rings. The van der Waals surface area contributed by atoms with Crippen LogP contribution in [0.15, 0.2) is 53.1 Å². The number of fused-ring (bicyclic) bond motifs is 1. The van der Waals surface area contributed by atoms with Crippen molar-refractivity contribution in [3.63, 3.8) is 0 Å². The van der Waals surface area contributed by atoms with Crippen molar-refractivity contribution in [3.05, 3.63) is 60.0 Å². The van der Waals surface area contributed by atoms with Crippen molar-refractivity contribution in [2.45, 2.75) is 13.2 Å². The Labute approximate surface area is 116 Å². The summed E-state index contributed by atoms with van der Waals surface area (Å²) in [4.78, 5) is 0. The molecular weight excluding hydrogens is 254 g/mol. The Morgan fingerprint density at radius 2 is 1.90 bits per heavy atom. The molecule has 20 heavy (non-hydrogen) atoms. The summed E-state index contributed by atoms with van der Waals surface area (Å²) in [6, 6.07) is 16.0. The molecule has 0 radical (unpaired) electrons. The van der Waals surface area contributed by atoms with Crippen molar-refractivity contribution in [1.29, 1.82) is 0 Å². The van der Waals surface area contributed by atoms with Gasteiger partial charge in [0.25, 0.3) is 0 Å². The first kappa shape index (κ1) is 12.7. The molecule has 0 N–H and O–H groups in total. The van der Waals surface area contributed by atoms with Gasteiger partial charge in [0, 0.05) is 18.6 Å². The van der Waals surface area contributed by atoms with Gasteiger partial charge in [0.15, 0.2) is 5.76 Å². The molecule has 0 fully saturated rings. The van der Waals surface area contributed by atoms with Gasteiger partial charge in [-0.2, -0.15) is 0 Å². The van der Waals surface area contributed by atoms with Crippen LogP contribution in [0.1, 0.15) is 11.5 Å². The zero-order valence-electron chi connectivity index (χ0n) is 11.2. The minimum Gasteiger partial charge on any atom is -0.487 e. The average molecular weight is 269 g/mol. The molecule has 0 aliphatic rings. The van der Waals surface area contributed by atoms with Crippen LogP contribution in [0.3, 0.4) is 0 Å². The lowest BCUT2D eigenvalue weighted by atomic mass is 10.1. The number of methoxy groups -OCH3 is 1. The van der Waals surface area contributed by atoms with Crippen molar-refractivity contribution < 1.29 is 14.0 Å². The molecule has 0 atom stereocenters. The molecule has 4 nitrogen and oxygen atoms in total. The summed E-state index contributed by atoms with van der Waals surface area (Å²) in [5.41, 5.74) is 0.755. The first-order chi connectivity index (χ1) is 9.86. The van der Waals surface area contributed by atoms with Gasteiger partial charge in [-0.15, -0.1) is 0 Å². The van der Waals surface area contributed by atoms with Crippen molar-refractivity contribution >= 4 is 10.8 Å². The maximum Gasteiger partial charge on any atom is 0.162 e. The molecule has 0 spiro atoms. The predicted octanol–water partition coefficient (Wildman–Crippen LogP) is 3.55. The highest BCUT2D eigenvalue weighted by atomic mass is 16.5. The van der Waals surface area contributed by atoms with Crippen LogP contribution in [0.2, 0.25) is 0 Å². The summed E-state index contributed by atoms with van der Waals surface area (Å²) < 4.78 is 15.9. The van der Waals surface area contributed by atoms with E-state index in [0.29, 0.717) is 19.0 Å². The monoisotopic (exact) mass is 269 g/mol.